The average molecular weight is 237 g/mol. The van der Waals surface area contributed by atoms with Gasteiger partial charge in [-0.2, -0.15) is 0 Å². The van der Waals surface area contributed by atoms with Crippen LogP contribution in [0.25, 0.3) is 0 Å². The van der Waals surface area contributed by atoms with Crippen molar-refractivity contribution < 1.29 is 4.74 Å². The van der Waals surface area contributed by atoms with Crippen LogP contribution in [0.2, 0.25) is 0 Å². The summed E-state index contributed by atoms with van der Waals surface area (Å²) < 4.78 is 5.61. The van der Waals surface area contributed by atoms with Gasteiger partial charge in [-0.3, -0.25) is 4.79 Å². The van der Waals surface area contributed by atoms with Crippen molar-refractivity contribution in [1.29, 1.82) is 0 Å². The normalized spacial score (nSPS) is 18.5. The van der Waals surface area contributed by atoms with E-state index in [1.807, 2.05) is 0 Å². The van der Waals surface area contributed by atoms with Gasteiger partial charge < -0.3 is 15.5 Å². The van der Waals surface area contributed by atoms with Crippen LogP contribution in [0.4, 0.5) is 0 Å². The molecular weight excluding hydrogens is 218 g/mol. The molecule has 0 radical (unpaired) electrons. The van der Waals surface area contributed by atoms with Crippen molar-refractivity contribution >= 4 is 0 Å². The number of nitrogens with one attached hydrogen (secondary N) is 1. The second-order valence-electron chi connectivity index (χ2n) is 4.53. The van der Waals surface area contributed by atoms with Crippen LogP contribution in [-0.4, -0.2) is 23.6 Å². The molecule has 5 nitrogen and oxygen atoms in total. The van der Waals surface area contributed by atoms with Crippen molar-refractivity contribution in [3.05, 3.63) is 27.9 Å². The van der Waals surface area contributed by atoms with E-state index in [1.54, 1.807) is 7.11 Å². The minimum absolute atomic E-state index is 0.123. The SMILES string of the molecule is COC1(c2nc(CCN)cc(=O)[nH]2)CCCC1. The summed E-state index contributed by atoms with van der Waals surface area (Å²) in [5, 5.41) is 0. The van der Waals surface area contributed by atoms with Gasteiger partial charge in [-0.05, 0) is 32.2 Å². The molecule has 0 amide bonds. The number of aromatic amines is 1. The number of hydrogen-bond donors (Lipinski definition) is 2. The van der Waals surface area contributed by atoms with Crippen LogP contribution < -0.4 is 11.3 Å². The van der Waals surface area contributed by atoms with Gasteiger partial charge in [-0.25, -0.2) is 4.98 Å². The molecule has 5 heteroatoms. The van der Waals surface area contributed by atoms with Crippen molar-refractivity contribution in [3.8, 4) is 0 Å². The topological polar surface area (TPSA) is 81.0 Å². The first kappa shape index (κ1) is 12.3. The number of rotatable bonds is 4. The fourth-order valence-electron chi connectivity index (χ4n) is 2.48. The predicted octanol–water partition coefficient (Wildman–Crippen LogP) is 0.687. The fourth-order valence-corrected chi connectivity index (χ4v) is 2.48. The monoisotopic (exact) mass is 237 g/mol. The number of hydrogen-bond acceptors (Lipinski definition) is 4. The summed E-state index contributed by atoms with van der Waals surface area (Å²) in [6.07, 6.45) is 4.67. The molecule has 1 aromatic heterocycles. The fraction of sp³-hybridized carbons (Fsp3) is 0.667. The lowest BCUT2D eigenvalue weighted by Gasteiger charge is -2.26. The molecule has 1 aliphatic rings. The largest absolute Gasteiger partial charge is 0.370 e. The number of nitrogens with zero attached hydrogens (tertiary/aromatic N) is 1. The maximum atomic E-state index is 11.6. The molecule has 0 aliphatic heterocycles. The van der Waals surface area contributed by atoms with Crippen LogP contribution in [0, 0.1) is 0 Å². The van der Waals surface area contributed by atoms with E-state index in [1.165, 1.54) is 6.07 Å². The molecular formula is C12H19N3O2. The molecule has 0 aromatic carbocycles. The summed E-state index contributed by atoms with van der Waals surface area (Å²) in [4.78, 5) is 18.9. The van der Waals surface area contributed by atoms with Crippen molar-refractivity contribution in [2.75, 3.05) is 13.7 Å². The van der Waals surface area contributed by atoms with Crippen LogP contribution in [0.3, 0.4) is 0 Å². The third-order valence-electron chi connectivity index (χ3n) is 3.43. The second kappa shape index (κ2) is 4.98. The lowest BCUT2D eigenvalue weighted by atomic mass is 10.0. The number of ether oxygens (including phenoxy) is 1. The van der Waals surface area contributed by atoms with Crippen LogP contribution in [-0.2, 0) is 16.8 Å². The Morgan fingerprint density at radius 1 is 1.53 bits per heavy atom. The highest BCUT2D eigenvalue weighted by Crippen LogP contribution is 2.39. The van der Waals surface area contributed by atoms with Gasteiger partial charge in [0.15, 0.2) is 0 Å². The zero-order valence-electron chi connectivity index (χ0n) is 10.2. The quantitative estimate of drug-likeness (QED) is 0.807. The maximum absolute atomic E-state index is 11.6. The standard InChI is InChI=1S/C12H19N3O2/c1-17-12(5-2-3-6-12)11-14-9(4-7-13)8-10(16)15-11/h8H,2-7,13H2,1H3,(H,14,15,16). The van der Waals surface area contributed by atoms with E-state index >= 15 is 0 Å². The van der Waals surface area contributed by atoms with Gasteiger partial charge in [-0.1, -0.05) is 0 Å². The van der Waals surface area contributed by atoms with E-state index in [-0.39, 0.29) is 5.56 Å². The first-order chi connectivity index (χ1) is 8.20. The molecule has 1 aromatic rings. The number of nitrogens with two attached hydrogens (primary N) is 1. The zero-order valence-corrected chi connectivity index (χ0v) is 10.2. The third kappa shape index (κ3) is 2.40. The Morgan fingerprint density at radius 3 is 2.82 bits per heavy atom. The highest BCUT2D eigenvalue weighted by Gasteiger charge is 2.38. The second-order valence-corrected chi connectivity index (χ2v) is 4.53. The van der Waals surface area contributed by atoms with Gasteiger partial charge in [0, 0.05) is 25.3 Å². The minimum Gasteiger partial charge on any atom is -0.370 e. The Balaban J connectivity index is 2.39. The van der Waals surface area contributed by atoms with Gasteiger partial charge in [-0.15, -0.1) is 0 Å². The Hall–Kier alpha value is -1.20. The van der Waals surface area contributed by atoms with Crippen molar-refractivity contribution in [2.45, 2.75) is 37.7 Å². The summed E-state index contributed by atoms with van der Waals surface area (Å²) in [7, 11) is 1.68. The molecule has 1 aliphatic carbocycles. The van der Waals surface area contributed by atoms with Crippen LogP contribution in [0.1, 0.15) is 37.2 Å². The molecule has 3 N–H and O–H groups in total. The summed E-state index contributed by atoms with van der Waals surface area (Å²) in [6.45, 7) is 0.496. The molecule has 94 valence electrons. The lowest BCUT2D eigenvalue weighted by molar-refractivity contribution is -0.0166. The average Bonchev–Trinajstić information content (AvgIpc) is 2.78. The van der Waals surface area contributed by atoms with E-state index in [0.29, 0.717) is 18.8 Å². The van der Waals surface area contributed by atoms with E-state index < -0.39 is 5.60 Å². The van der Waals surface area contributed by atoms with E-state index in [4.69, 9.17) is 10.5 Å². The third-order valence-corrected chi connectivity index (χ3v) is 3.43. The molecule has 0 saturated heterocycles. The molecule has 0 unspecified atom stereocenters. The summed E-state index contributed by atoms with van der Waals surface area (Å²) in [6, 6.07) is 1.51. The molecule has 1 fully saturated rings. The van der Waals surface area contributed by atoms with E-state index in [0.717, 1.165) is 31.4 Å². The highest BCUT2D eigenvalue weighted by molar-refractivity contribution is 5.11. The maximum Gasteiger partial charge on any atom is 0.251 e. The molecule has 1 saturated carbocycles. The Labute approximate surface area is 100 Å². The molecule has 0 bridgehead atoms. The van der Waals surface area contributed by atoms with Crippen molar-refractivity contribution in [3.63, 3.8) is 0 Å². The van der Waals surface area contributed by atoms with E-state index in [2.05, 4.69) is 9.97 Å². The van der Waals surface area contributed by atoms with Gasteiger partial charge in [0.1, 0.15) is 11.4 Å². The molecule has 2 rings (SSSR count). The van der Waals surface area contributed by atoms with Crippen LogP contribution in [0.15, 0.2) is 10.9 Å². The summed E-state index contributed by atoms with van der Waals surface area (Å²) in [5.74, 6) is 0.661. The number of aromatic nitrogens is 2. The Bertz CT molecular complexity index is 436. The smallest absolute Gasteiger partial charge is 0.251 e. The summed E-state index contributed by atoms with van der Waals surface area (Å²) in [5.41, 5.74) is 5.72. The molecule has 0 atom stereocenters. The van der Waals surface area contributed by atoms with Crippen LogP contribution in [0.5, 0.6) is 0 Å². The van der Waals surface area contributed by atoms with Crippen LogP contribution >= 0.6 is 0 Å². The molecule has 17 heavy (non-hydrogen) atoms. The van der Waals surface area contributed by atoms with Gasteiger partial charge in [0.05, 0.1) is 0 Å². The van der Waals surface area contributed by atoms with Crippen molar-refractivity contribution in [1.82, 2.24) is 9.97 Å². The summed E-state index contributed by atoms with van der Waals surface area (Å²) >= 11 is 0. The Morgan fingerprint density at radius 2 is 2.24 bits per heavy atom. The highest BCUT2D eigenvalue weighted by atomic mass is 16.5. The minimum atomic E-state index is -0.399. The Kier molecular flexibility index (Phi) is 3.59. The predicted molar refractivity (Wildman–Crippen MR) is 64.8 cm³/mol. The lowest BCUT2D eigenvalue weighted by Crippen LogP contribution is -2.31. The van der Waals surface area contributed by atoms with E-state index in [9.17, 15) is 4.79 Å². The number of H-pyrrole nitrogens is 1. The zero-order chi connectivity index (χ0) is 12.3. The van der Waals surface area contributed by atoms with Gasteiger partial charge >= 0.3 is 0 Å². The number of methoxy groups -OCH3 is 1. The first-order valence-corrected chi connectivity index (χ1v) is 6.06. The first-order valence-electron chi connectivity index (χ1n) is 6.06. The molecule has 0 spiro atoms. The van der Waals surface area contributed by atoms with Gasteiger partial charge in [0.2, 0.25) is 0 Å². The van der Waals surface area contributed by atoms with Gasteiger partial charge in [0.25, 0.3) is 5.56 Å². The van der Waals surface area contributed by atoms with Crippen molar-refractivity contribution in [2.24, 2.45) is 5.73 Å². The molecule has 1 heterocycles.